The van der Waals surface area contributed by atoms with Crippen LogP contribution in [0.3, 0.4) is 0 Å². The lowest BCUT2D eigenvalue weighted by Gasteiger charge is -2.22. The Balaban J connectivity index is 2.13. The molecule has 0 saturated heterocycles. The van der Waals surface area contributed by atoms with Crippen LogP contribution in [0.1, 0.15) is 24.0 Å². The molecule has 7 nitrogen and oxygen atoms in total. The van der Waals surface area contributed by atoms with E-state index in [-0.39, 0.29) is 17.4 Å². The van der Waals surface area contributed by atoms with E-state index in [1.54, 1.807) is 19.2 Å². The topological polar surface area (TPSA) is 100 Å². The van der Waals surface area contributed by atoms with Crippen LogP contribution in [0.15, 0.2) is 29.4 Å². The highest BCUT2D eigenvalue weighted by Gasteiger charge is 2.46. The number of amides is 2. The molecule has 0 heterocycles. The molecule has 1 aliphatic carbocycles. The molecule has 1 fully saturated rings. The zero-order chi connectivity index (χ0) is 14.8. The van der Waals surface area contributed by atoms with Gasteiger partial charge >= 0.3 is 6.03 Å². The van der Waals surface area contributed by atoms with Crippen molar-refractivity contribution in [2.24, 2.45) is 10.9 Å². The number of nitrogens with zero attached hydrogens (tertiary/aromatic N) is 2. The zero-order valence-corrected chi connectivity index (χ0v) is 11.5. The molecule has 0 spiro atoms. The molecular weight excluding hydrogens is 260 g/mol. The van der Waals surface area contributed by atoms with Gasteiger partial charge in [-0.2, -0.15) is 0 Å². The predicted octanol–water partition coefficient (Wildman–Crippen LogP) is 0.973. The number of urea groups is 1. The van der Waals surface area contributed by atoms with Crippen LogP contribution >= 0.6 is 0 Å². The molecule has 1 aromatic rings. The Morgan fingerprint density at radius 2 is 2.05 bits per heavy atom. The summed E-state index contributed by atoms with van der Waals surface area (Å²) in [5.74, 6) is 0.0598. The van der Waals surface area contributed by atoms with E-state index in [1.165, 1.54) is 7.11 Å². The van der Waals surface area contributed by atoms with Gasteiger partial charge in [-0.3, -0.25) is 4.84 Å². The van der Waals surface area contributed by atoms with Gasteiger partial charge < -0.3 is 16.3 Å². The Bertz CT molecular complexity index is 523. The maximum Gasteiger partial charge on any atom is 0.341 e. The van der Waals surface area contributed by atoms with E-state index in [0.29, 0.717) is 5.56 Å². The van der Waals surface area contributed by atoms with Crippen molar-refractivity contribution in [3.8, 4) is 0 Å². The van der Waals surface area contributed by atoms with Crippen LogP contribution in [0, 0.1) is 0 Å². The summed E-state index contributed by atoms with van der Waals surface area (Å²) in [7, 11) is 2.98. The third-order valence-corrected chi connectivity index (χ3v) is 3.50. The van der Waals surface area contributed by atoms with Gasteiger partial charge in [0.15, 0.2) is 5.84 Å². The van der Waals surface area contributed by atoms with Crippen LogP contribution in [-0.2, 0) is 10.4 Å². The summed E-state index contributed by atoms with van der Waals surface area (Å²) in [6.07, 6.45) is 1.75. The van der Waals surface area contributed by atoms with Gasteiger partial charge in [-0.25, -0.2) is 9.86 Å². The van der Waals surface area contributed by atoms with Gasteiger partial charge in [-0.05, 0) is 18.4 Å². The number of hydrogen-bond acceptors (Lipinski definition) is 4. The number of carbonyl (C=O) groups excluding carboxylic acids is 1. The van der Waals surface area contributed by atoms with Crippen molar-refractivity contribution in [2.75, 3.05) is 14.2 Å². The quantitative estimate of drug-likeness (QED) is 0.331. The van der Waals surface area contributed by atoms with Crippen LogP contribution in [-0.4, -0.2) is 36.3 Å². The standard InChI is InChI=1S/C13H18N4O3/c1-17(20-2)12(18)15-13(7-8-13)10-5-3-9(4-6-10)11(14)16-19/h3-6,19H,7-8H2,1-2H3,(H2,14,16)(H,15,18). The number of nitrogens with one attached hydrogen (secondary N) is 1. The molecule has 0 unspecified atom stereocenters. The monoisotopic (exact) mass is 278 g/mol. The van der Waals surface area contributed by atoms with Crippen molar-refractivity contribution < 1.29 is 14.8 Å². The first-order chi connectivity index (χ1) is 9.52. The second-order valence-electron chi connectivity index (χ2n) is 4.75. The summed E-state index contributed by atoms with van der Waals surface area (Å²) in [5, 5.41) is 15.7. The van der Waals surface area contributed by atoms with Gasteiger partial charge in [-0.15, -0.1) is 0 Å². The Hall–Kier alpha value is -2.28. The lowest BCUT2D eigenvalue weighted by atomic mass is 10.0. The molecule has 0 aliphatic heterocycles. The van der Waals surface area contributed by atoms with E-state index in [0.717, 1.165) is 23.5 Å². The van der Waals surface area contributed by atoms with Gasteiger partial charge in [-0.1, -0.05) is 29.4 Å². The Labute approximate surface area is 117 Å². The largest absolute Gasteiger partial charge is 0.409 e. The summed E-state index contributed by atoms with van der Waals surface area (Å²) in [6.45, 7) is 0. The minimum Gasteiger partial charge on any atom is -0.409 e. The van der Waals surface area contributed by atoms with Gasteiger partial charge in [0, 0.05) is 12.6 Å². The molecular formula is C13H18N4O3. The minimum atomic E-state index is -0.340. The third kappa shape index (κ3) is 2.67. The van der Waals surface area contributed by atoms with Gasteiger partial charge in [0.1, 0.15) is 0 Å². The highest BCUT2D eigenvalue weighted by atomic mass is 16.7. The molecule has 7 heteroatoms. The maximum atomic E-state index is 11.8. The fourth-order valence-electron chi connectivity index (χ4n) is 1.99. The highest BCUT2D eigenvalue weighted by molar-refractivity contribution is 5.97. The fraction of sp³-hybridized carbons (Fsp3) is 0.385. The number of hydrogen-bond donors (Lipinski definition) is 3. The molecule has 1 aromatic carbocycles. The van der Waals surface area contributed by atoms with Crippen LogP contribution in [0.5, 0.6) is 0 Å². The average molecular weight is 278 g/mol. The second kappa shape index (κ2) is 5.38. The molecule has 1 saturated carbocycles. The number of hydroxylamine groups is 2. The van der Waals surface area contributed by atoms with E-state index in [4.69, 9.17) is 15.8 Å². The molecule has 20 heavy (non-hydrogen) atoms. The average Bonchev–Trinajstić information content (AvgIpc) is 3.26. The zero-order valence-electron chi connectivity index (χ0n) is 11.5. The molecule has 4 N–H and O–H groups in total. The van der Waals surface area contributed by atoms with Crippen molar-refractivity contribution in [1.29, 1.82) is 0 Å². The smallest absolute Gasteiger partial charge is 0.341 e. The van der Waals surface area contributed by atoms with Gasteiger partial charge in [0.25, 0.3) is 0 Å². The summed E-state index contributed by atoms with van der Waals surface area (Å²) >= 11 is 0. The molecule has 0 atom stereocenters. The lowest BCUT2D eigenvalue weighted by molar-refractivity contribution is -0.0659. The summed E-state index contributed by atoms with van der Waals surface area (Å²) < 4.78 is 0. The van der Waals surface area contributed by atoms with Crippen LogP contribution in [0.2, 0.25) is 0 Å². The van der Waals surface area contributed by atoms with Crippen molar-refractivity contribution in [3.63, 3.8) is 0 Å². The van der Waals surface area contributed by atoms with Crippen molar-refractivity contribution in [1.82, 2.24) is 10.4 Å². The number of amidine groups is 1. The third-order valence-electron chi connectivity index (χ3n) is 3.50. The number of rotatable bonds is 4. The van der Waals surface area contributed by atoms with Gasteiger partial charge in [0.05, 0.1) is 12.6 Å². The summed E-state index contributed by atoms with van der Waals surface area (Å²) in [4.78, 5) is 16.7. The normalized spacial score (nSPS) is 16.6. The molecule has 0 bridgehead atoms. The SMILES string of the molecule is CON(C)C(=O)NC1(c2ccc(C(N)=NO)cc2)CC1. The number of benzene rings is 1. The number of carbonyl (C=O) groups is 1. The fourth-order valence-corrected chi connectivity index (χ4v) is 1.99. The number of oxime groups is 1. The van der Waals surface area contributed by atoms with E-state index in [2.05, 4.69) is 10.5 Å². The minimum absolute atomic E-state index is 0.0598. The van der Waals surface area contributed by atoms with E-state index in [9.17, 15) is 4.79 Å². The predicted molar refractivity (Wildman–Crippen MR) is 73.2 cm³/mol. The molecule has 0 radical (unpaired) electrons. The van der Waals surface area contributed by atoms with Crippen LogP contribution in [0.4, 0.5) is 4.79 Å². The van der Waals surface area contributed by atoms with Crippen molar-refractivity contribution in [2.45, 2.75) is 18.4 Å². The molecule has 1 aliphatic rings. The molecule has 2 rings (SSSR count). The first kappa shape index (κ1) is 14.1. The summed E-state index contributed by atoms with van der Waals surface area (Å²) in [6, 6.07) is 6.97. The Kier molecular flexibility index (Phi) is 3.80. The molecule has 108 valence electrons. The van der Waals surface area contributed by atoms with Crippen LogP contribution < -0.4 is 11.1 Å². The van der Waals surface area contributed by atoms with Crippen molar-refractivity contribution >= 4 is 11.9 Å². The van der Waals surface area contributed by atoms with Gasteiger partial charge in [0.2, 0.25) is 0 Å². The summed E-state index contributed by atoms with van der Waals surface area (Å²) in [5.41, 5.74) is 6.80. The first-order valence-corrected chi connectivity index (χ1v) is 6.21. The van der Waals surface area contributed by atoms with E-state index in [1.807, 2.05) is 12.1 Å². The van der Waals surface area contributed by atoms with E-state index >= 15 is 0 Å². The first-order valence-electron chi connectivity index (χ1n) is 6.21. The molecule has 0 aromatic heterocycles. The maximum absolute atomic E-state index is 11.8. The van der Waals surface area contributed by atoms with E-state index < -0.39 is 0 Å². The Morgan fingerprint density at radius 3 is 2.50 bits per heavy atom. The van der Waals surface area contributed by atoms with Crippen molar-refractivity contribution in [3.05, 3.63) is 35.4 Å². The Morgan fingerprint density at radius 1 is 1.45 bits per heavy atom. The van der Waals surface area contributed by atoms with Crippen LogP contribution in [0.25, 0.3) is 0 Å². The lowest BCUT2D eigenvalue weighted by Crippen LogP contribution is -2.42. The highest BCUT2D eigenvalue weighted by Crippen LogP contribution is 2.45. The second-order valence-corrected chi connectivity index (χ2v) is 4.75. The number of nitrogens with two attached hydrogens (primary N) is 1. The molecule has 2 amide bonds.